The van der Waals surface area contributed by atoms with E-state index in [-0.39, 0.29) is 83.4 Å². The monoisotopic (exact) mass is 548 g/mol. The Bertz CT molecular complexity index is 809. The number of amides is 2. The number of cyclic esters (lactones) is 2. The van der Waals surface area contributed by atoms with Gasteiger partial charge in [0, 0.05) is 38.6 Å². The highest BCUT2D eigenvalue weighted by atomic mass is 32.1. The van der Waals surface area contributed by atoms with Crippen molar-refractivity contribution in [2.24, 2.45) is 5.92 Å². The number of carbonyl (C=O) groups is 4. The number of ether oxygens (including phenoxy) is 2. The predicted molar refractivity (Wildman–Crippen MR) is 148 cm³/mol. The van der Waals surface area contributed by atoms with Crippen LogP contribution < -0.4 is 10.6 Å². The molecule has 1 saturated heterocycles. The molecule has 2 N–H and O–H groups in total. The summed E-state index contributed by atoms with van der Waals surface area (Å²) < 4.78 is 10.5. The quantitative estimate of drug-likeness (QED) is 0.512. The van der Waals surface area contributed by atoms with Crippen LogP contribution in [0.15, 0.2) is 12.2 Å². The summed E-state index contributed by atoms with van der Waals surface area (Å²) in [6, 6.07) is 0.0176. The molecule has 2 amide bonds. The fourth-order valence-electron chi connectivity index (χ4n) is 4.38. The zero-order valence-electron chi connectivity index (χ0n) is 22.3. The topological polar surface area (TPSA) is 117 Å². The number of fused-ring (bicyclic) bond motifs is 2. The molecule has 36 heavy (non-hydrogen) atoms. The van der Waals surface area contributed by atoms with Crippen molar-refractivity contribution in [3.8, 4) is 0 Å². The van der Waals surface area contributed by atoms with E-state index in [0.717, 1.165) is 0 Å². The fraction of sp³-hybridized carbons (Fsp3) is 0.750. The molecule has 0 aliphatic carbocycles. The van der Waals surface area contributed by atoms with Gasteiger partial charge in [-0.15, -0.1) is 0 Å². The zero-order valence-corrected chi connectivity index (χ0v) is 24.3. The maximum atomic E-state index is 13.5. The Kier molecular flexibility index (Phi) is 14.1. The highest BCUT2D eigenvalue weighted by molar-refractivity contribution is 7.59. The molecule has 12 heteroatoms. The summed E-state index contributed by atoms with van der Waals surface area (Å²) in [5, 5.41) is 6.56. The highest BCUT2D eigenvalue weighted by Crippen LogP contribution is 2.25. The molecule has 2 heterocycles. The molecule has 2 atom stereocenters. The molecule has 0 unspecified atom stereocenters. The molecular formula is C24H44N4O6S2. The lowest BCUT2D eigenvalue weighted by molar-refractivity contribution is -0.129. The van der Waals surface area contributed by atoms with Crippen LogP contribution in [0.5, 0.6) is 0 Å². The third-order valence-electron chi connectivity index (χ3n) is 6.37. The van der Waals surface area contributed by atoms with Crippen molar-refractivity contribution in [2.45, 2.75) is 64.6 Å². The summed E-state index contributed by atoms with van der Waals surface area (Å²) in [5.74, 6) is -0.415. The molecule has 208 valence electrons. The largest absolute Gasteiger partial charge is 0.445 e. The van der Waals surface area contributed by atoms with E-state index in [2.05, 4.69) is 10.6 Å². The first-order valence-electron chi connectivity index (χ1n) is 11.9. The Morgan fingerprint density at radius 1 is 1.00 bits per heavy atom. The van der Waals surface area contributed by atoms with Crippen molar-refractivity contribution >= 4 is 50.7 Å². The molecule has 0 aromatic heterocycles. The fourth-order valence-corrected chi connectivity index (χ4v) is 4.38. The molecular weight excluding hydrogens is 504 g/mol. The average Bonchev–Trinajstić information content (AvgIpc) is 3.21. The Morgan fingerprint density at radius 2 is 1.58 bits per heavy atom. The first-order chi connectivity index (χ1) is 15.9. The van der Waals surface area contributed by atoms with Crippen molar-refractivity contribution in [3.05, 3.63) is 12.2 Å². The number of rotatable bonds is 4. The first kappa shape index (κ1) is 34.2. The lowest BCUT2D eigenvalue weighted by Crippen LogP contribution is -2.62. The molecule has 2 aliphatic heterocycles. The predicted octanol–water partition coefficient (Wildman–Crippen LogP) is 1.96. The Morgan fingerprint density at radius 3 is 2.14 bits per heavy atom. The molecule has 2 bridgehead atoms. The minimum absolute atomic E-state index is 0. The second-order valence-electron chi connectivity index (χ2n) is 9.98. The maximum Gasteiger partial charge on any atom is 0.410 e. The summed E-state index contributed by atoms with van der Waals surface area (Å²) in [4.78, 5) is 54.4. The average molecular weight is 549 g/mol. The molecule has 2 aliphatic rings. The molecule has 2 rings (SSSR count). The van der Waals surface area contributed by atoms with E-state index in [9.17, 15) is 19.2 Å². The van der Waals surface area contributed by atoms with Gasteiger partial charge in [0.05, 0.1) is 17.6 Å². The highest BCUT2D eigenvalue weighted by Gasteiger charge is 2.47. The van der Waals surface area contributed by atoms with Gasteiger partial charge >= 0.3 is 12.2 Å². The summed E-state index contributed by atoms with van der Waals surface area (Å²) >= 11 is 0. The van der Waals surface area contributed by atoms with Gasteiger partial charge in [0.2, 0.25) is 0 Å². The van der Waals surface area contributed by atoms with Crippen molar-refractivity contribution in [1.82, 2.24) is 20.4 Å². The van der Waals surface area contributed by atoms with Crippen molar-refractivity contribution in [1.29, 1.82) is 0 Å². The van der Waals surface area contributed by atoms with Gasteiger partial charge in [-0.2, -0.15) is 27.0 Å². The van der Waals surface area contributed by atoms with Crippen LogP contribution in [0.1, 0.15) is 47.5 Å². The van der Waals surface area contributed by atoms with Crippen LogP contribution in [0.3, 0.4) is 0 Å². The smallest absolute Gasteiger partial charge is 0.410 e. The van der Waals surface area contributed by atoms with Gasteiger partial charge in [-0.3, -0.25) is 14.9 Å². The van der Waals surface area contributed by atoms with Crippen LogP contribution in [0.25, 0.3) is 0 Å². The third kappa shape index (κ3) is 8.97. The van der Waals surface area contributed by atoms with E-state index in [1.165, 1.54) is 9.80 Å². The van der Waals surface area contributed by atoms with Gasteiger partial charge in [0.1, 0.15) is 13.2 Å². The SMILES string of the molecule is CC(C)N[C@@]12CCN(C1)C(=O)OCC=CCOC(=O)N(C)CC[C@@](C)(C(=O)C(C)C)NCC2=O.S.S. The second kappa shape index (κ2) is 14.8. The lowest BCUT2D eigenvalue weighted by Gasteiger charge is -2.35. The number of ketones is 2. The van der Waals surface area contributed by atoms with Crippen molar-refractivity contribution in [2.75, 3.05) is 46.4 Å². The first-order valence-corrected chi connectivity index (χ1v) is 11.9. The maximum absolute atomic E-state index is 13.5. The van der Waals surface area contributed by atoms with E-state index < -0.39 is 23.3 Å². The molecule has 0 aromatic rings. The van der Waals surface area contributed by atoms with Crippen molar-refractivity contribution in [3.63, 3.8) is 0 Å². The second-order valence-corrected chi connectivity index (χ2v) is 9.98. The Balaban J connectivity index is 0.00000612. The number of nitrogens with one attached hydrogen (secondary N) is 2. The minimum Gasteiger partial charge on any atom is -0.445 e. The van der Waals surface area contributed by atoms with Crippen molar-refractivity contribution < 1.29 is 28.7 Å². The van der Waals surface area contributed by atoms with E-state index in [1.807, 2.05) is 27.7 Å². The molecule has 0 spiro atoms. The van der Waals surface area contributed by atoms with E-state index in [4.69, 9.17) is 9.47 Å². The zero-order chi connectivity index (χ0) is 25.5. The molecule has 0 radical (unpaired) electrons. The van der Waals surface area contributed by atoms with Gasteiger partial charge in [-0.25, -0.2) is 9.59 Å². The number of Topliss-reactive ketones (excluding diaryl/α,β-unsaturated/α-hetero) is 2. The molecule has 10 nitrogen and oxygen atoms in total. The van der Waals surface area contributed by atoms with Crippen LogP contribution >= 0.6 is 27.0 Å². The summed E-state index contributed by atoms with van der Waals surface area (Å²) in [5.41, 5.74) is -1.94. The van der Waals surface area contributed by atoms with E-state index in [0.29, 0.717) is 19.4 Å². The van der Waals surface area contributed by atoms with Gasteiger partial charge in [-0.1, -0.05) is 13.8 Å². The molecule has 1 fully saturated rings. The number of hydrogen-bond donors (Lipinski definition) is 2. The standard InChI is InChI=1S/C24H40N4O6.2H2S/c1-17(2)20(30)23(5)9-11-27(6)21(31)33-13-7-8-14-34-22(32)28-12-10-24(16-28,26-18(3)4)19(29)15-25-23;;/h7-8,17-18,25-26H,9-16H2,1-6H3;2*1H2/t23-,24-;;/m0../s1. The summed E-state index contributed by atoms with van der Waals surface area (Å²) in [7, 11) is 1.60. The van der Waals surface area contributed by atoms with Gasteiger partial charge in [-0.05, 0) is 45.8 Å². The summed E-state index contributed by atoms with van der Waals surface area (Å²) in [6.45, 7) is 10.2. The van der Waals surface area contributed by atoms with E-state index in [1.54, 1.807) is 26.1 Å². The normalized spacial score (nSPS) is 26.5. The van der Waals surface area contributed by atoms with Gasteiger partial charge < -0.3 is 24.6 Å². The van der Waals surface area contributed by atoms with Crippen LogP contribution in [0.2, 0.25) is 0 Å². The van der Waals surface area contributed by atoms with E-state index >= 15 is 0 Å². The van der Waals surface area contributed by atoms with Gasteiger partial charge in [0.15, 0.2) is 11.6 Å². The third-order valence-corrected chi connectivity index (χ3v) is 6.37. The van der Waals surface area contributed by atoms with Crippen LogP contribution in [0.4, 0.5) is 9.59 Å². The van der Waals surface area contributed by atoms with Crippen LogP contribution in [0, 0.1) is 5.92 Å². The van der Waals surface area contributed by atoms with Crippen LogP contribution in [-0.4, -0.2) is 97.1 Å². The Hall–Kier alpha value is -1.76. The summed E-state index contributed by atoms with van der Waals surface area (Å²) in [6.07, 6.45) is 2.96. The minimum atomic E-state index is -1.01. The van der Waals surface area contributed by atoms with Gasteiger partial charge in [0.25, 0.3) is 0 Å². The number of nitrogens with zero attached hydrogens (tertiary/aromatic N) is 2. The number of carbonyl (C=O) groups excluding carboxylic acids is 4. The lowest BCUT2D eigenvalue weighted by atomic mass is 9.84. The Labute approximate surface area is 228 Å². The number of hydrogen-bond acceptors (Lipinski definition) is 8. The molecule has 0 saturated carbocycles. The van der Waals surface area contributed by atoms with Crippen LogP contribution in [-0.2, 0) is 19.1 Å². The molecule has 0 aromatic carbocycles.